The average Bonchev–Trinajstić information content (AvgIpc) is 2.50. The Balaban J connectivity index is 2.42. The Morgan fingerprint density at radius 1 is 1.55 bits per heavy atom. The zero-order chi connectivity index (χ0) is 8.27. The molecular formula is C9H17BrO. The van der Waals surface area contributed by atoms with Crippen molar-refractivity contribution in [3.63, 3.8) is 0 Å². The largest absolute Gasteiger partial charge is 0.381 e. The number of rotatable bonds is 3. The number of alkyl halides is 1. The highest BCUT2D eigenvalue weighted by Crippen LogP contribution is 2.34. The minimum atomic E-state index is 0.530. The smallest absolute Gasteiger partial charge is 0.0602 e. The van der Waals surface area contributed by atoms with Gasteiger partial charge in [0.05, 0.1) is 6.10 Å². The molecule has 1 aliphatic carbocycles. The zero-order valence-electron chi connectivity index (χ0n) is 7.35. The van der Waals surface area contributed by atoms with E-state index in [9.17, 15) is 0 Å². The van der Waals surface area contributed by atoms with Crippen molar-refractivity contribution in [3.05, 3.63) is 0 Å². The molecule has 0 spiro atoms. The lowest BCUT2D eigenvalue weighted by Gasteiger charge is -2.22. The molecular weight excluding hydrogens is 204 g/mol. The highest BCUT2D eigenvalue weighted by Gasteiger charge is 2.30. The standard InChI is InChI=1S/C9H17BrO/c1-7(6-10)8-4-3-5-9(8)11-2/h7-9H,3-6H2,1-2H3. The number of ether oxygens (including phenoxy) is 1. The summed E-state index contributed by atoms with van der Waals surface area (Å²) >= 11 is 3.53. The first kappa shape index (κ1) is 9.53. The summed E-state index contributed by atoms with van der Waals surface area (Å²) in [5.41, 5.74) is 0. The summed E-state index contributed by atoms with van der Waals surface area (Å²) in [5, 5.41) is 1.11. The molecule has 1 aliphatic rings. The van der Waals surface area contributed by atoms with Crippen LogP contribution in [0.3, 0.4) is 0 Å². The van der Waals surface area contributed by atoms with Crippen molar-refractivity contribution >= 4 is 15.9 Å². The van der Waals surface area contributed by atoms with E-state index in [0.717, 1.165) is 17.2 Å². The normalized spacial score (nSPS) is 34.1. The molecule has 11 heavy (non-hydrogen) atoms. The third kappa shape index (κ3) is 2.19. The van der Waals surface area contributed by atoms with Gasteiger partial charge in [0.1, 0.15) is 0 Å². The maximum atomic E-state index is 5.43. The molecule has 3 unspecified atom stereocenters. The maximum absolute atomic E-state index is 5.43. The van der Waals surface area contributed by atoms with Gasteiger partial charge in [0, 0.05) is 12.4 Å². The Labute approximate surface area is 77.6 Å². The number of halogens is 1. The van der Waals surface area contributed by atoms with E-state index in [-0.39, 0.29) is 0 Å². The minimum absolute atomic E-state index is 0.530. The Kier molecular flexibility index (Phi) is 3.86. The monoisotopic (exact) mass is 220 g/mol. The first-order valence-corrected chi connectivity index (χ1v) is 5.50. The zero-order valence-corrected chi connectivity index (χ0v) is 8.93. The fraction of sp³-hybridized carbons (Fsp3) is 1.00. The van der Waals surface area contributed by atoms with E-state index < -0.39 is 0 Å². The van der Waals surface area contributed by atoms with Crippen LogP contribution in [0.2, 0.25) is 0 Å². The van der Waals surface area contributed by atoms with Crippen molar-refractivity contribution in [1.82, 2.24) is 0 Å². The predicted molar refractivity (Wildman–Crippen MR) is 51.1 cm³/mol. The van der Waals surface area contributed by atoms with Crippen LogP contribution in [0.1, 0.15) is 26.2 Å². The van der Waals surface area contributed by atoms with Crippen LogP contribution in [0, 0.1) is 11.8 Å². The molecule has 0 radical (unpaired) electrons. The summed E-state index contributed by atoms with van der Waals surface area (Å²) in [7, 11) is 1.84. The van der Waals surface area contributed by atoms with E-state index in [1.54, 1.807) is 0 Å². The van der Waals surface area contributed by atoms with E-state index in [0.29, 0.717) is 6.10 Å². The van der Waals surface area contributed by atoms with Gasteiger partial charge in [-0.05, 0) is 24.7 Å². The van der Waals surface area contributed by atoms with Gasteiger partial charge in [0.2, 0.25) is 0 Å². The molecule has 0 heterocycles. The summed E-state index contributed by atoms with van der Waals surface area (Å²) in [6, 6.07) is 0. The summed E-state index contributed by atoms with van der Waals surface area (Å²) in [5.74, 6) is 1.56. The molecule has 66 valence electrons. The molecule has 0 aliphatic heterocycles. The third-order valence-electron chi connectivity index (χ3n) is 2.78. The van der Waals surface area contributed by atoms with Crippen LogP contribution in [0.15, 0.2) is 0 Å². The van der Waals surface area contributed by atoms with Crippen molar-refractivity contribution in [3.8, 4) is 0 Å². The molecule has 0 aromatic rings. The van der Waals surface area contributed by atoms with Gasteiger partial charge < -0.3 is 4.74 Å². The Hall–Kier alpha value is 0.440. The number of hydrogen-bond donors (Lipinski definition) is 0. The summed E-state index contributed by atoms with van der Waals surface area (Å²) in [4.78, 5) is 0. The molecule has 0 N–H and O–H groups in total. The highest BCUT2D eigenvalue weighted by atomic mass is 79.9. The molecule has 0 saturated heterocycles. The van der Waals surface area contributed by atoms with Gasteiger partial charge in [-0.2, -0.15) is 0 Å². The molecule has 2 heteroatoms. The van der Waals surface area contributed by atoms with Crippen LogP contribution in [0.25, 0.3) is 0 Å². The van der Waals surface area contributed by atoms with Gasteiger partial charge >= 0.3 is 0 Å². The van der Waals surface area contributed by atoms with Gasteiger partial charge in [-0.15, -0.1) is 0 Å². The van der Waals surface area contributed by atoms with Crippen LogP contribution < -0.4 is 0 Å². The number of hydrogen-bond acceptors (Lipinski definition) is 1. The quantitative estimate of drug-likeness (QED) is 0.666. The molecule has 1 nitrogen and oxygen atoms in total. The van der Waals surface area contributed by atoms with Gasteiger partial charge in [-0.1, -0.05) is 29.3 Å². The van der Waals surface area contributed by atoms with E-state index in [2.05, 4.69) is 22.9 Å². The molecule has 1 saturated carbocycles. The first-order chi connectivity index (χ1) is 5.29. The Morgan fingerprint density at radius 2 is 2.27 bits per heavy atom. The molecule has 3 atom stereocenters. The van der Waals surface area contributed by atoms with Crippen LogP contribution in [0.5, 0.6) is 0 Å². The van der Waals surface area contributed by atoms with E-state index in [1.165, 1.54) is 19.3 Å². The first-order valence-electron chi connectivity index (χ1n) is 4.38. The maximum Gasteiger partial charge on any atom is 0.0602 e. The predicted octanol–water partition coefficient (Wildman–Crippen LogP) is 2.83. The lowest BCUT2D eigenvalue weighted by molar-refractivity contribution is 0.0551. The topological polar surface area (TPSA) is 9.23 Å². The van der Waals surface area contributed by atoms with E-state index >= 15 is 0 Å². The van der Waals surface area contributed by atoms with Crippen LogP contribution in [-0.4, -0.2) is 18.5 Å². The van der Waals surface area contributed by atoms with Gasteiger partial charge in [-0.25, -0.2) is 0 Å². The second-order valence-corrected chi connectivity index (χ2v) is 4.15. The lowest BCUT2D eigenvalue weighted by Crippen LogP contribution is -2.23. The Morgan fingerprint density at radius 3 is 2.82 bits per heavy atom. The third-order valence-corrected chi connectivity index (χ3v) is 3.80. The average molecular weight is 221 g/mol. The molecule has 0 aromatic carbocycles. The van der Waals surface area contributed by atoms with Crippen molar-refractivity contribution in [2.45, 2.75) is 32.3 Å². The SMILES string of the molecule is COC1CCCC1C(C)CBr. The molecule has 1 rings (SSSR count). The molecule has 0 amide bonds. The van der Waals surface area contributed by atoms with Gasteiger partial charge in [-0.3, -0.25) is 0 Å². The fourth-order valence-electron chi connectivity index (χ4n) is 2.01. The second kappa shape index (κ2) is 4.46. The van der Waals surface area contributed by atoms with Crippen molar-refractivity contribution in [2.24, 2.45) is 11.8 Å². The van der Waals surface area contributed by atoms with Gasteiger partial charge in [0.15, 0.2) is 0 Å². The van der Waals surface area contributed by atoms with Crippen molar-refractivity contribution in [2.75, 3.05) is 12.4 Å². The van der Waals surface area contributed by atoms with Crippen molar-refractivity contribution in [1.29, 1.82) is 0 Å². The summed E-state index contributed by atoms with van der Waals surface area (Å²) in [6.07, 6.45) is 4.49. The van der Waals surface area contributed by atoms with Crippen LogP contribution in [-0.2, 0) is 4.74 Å². The molecule has 0 aromatic heterocycles. The van der Waals surface area contributed by atoms with Crippen LogP contribution in [0.4, 0.5) is 0 Å². The fourth-order valence-corrected chi connectivity index (χ4v) is 2.49. The van der Waals surface area contributed by atoms with E-state index in [1.807, 2.05) is 7.11 Å². The minimum Gasteiger partial charge on any atom is -0.381 e. The molecule has 0 bridgehead atoms. The lowest BCUT2D eigenvalue weighted by atomic mass is 9.92. The number of methoxy groups -OCH3 is 1. The van der Waals surface area contributed by atoms with Gasteiger partial charge in [0.25, 0.3) is 0 Å². The van der Waals surface area contributed by atoms with E-state index in [4.69, 9.17) is 4.74 Å². The summed E-state index contributed by atoms with van der Waals surface area (Å²) < 4.78 is 5.43. The van der Waals surface area contributed by atoms with Crippen LogP contribution >= 0.6 is 15.9 Å². The Bertz CT molecular complexity index is 116. The highest BCUT2D eigenvalue weighted by molar-refractivity contribution is 9.09. The summed E-state index contributed by atoms with van der Waals surface area (Å²) in [6.45, 7) is 2.30. The molecule has 1 fully saturated rings. The van der Waals surface area contributed by atoms with Crippen molar-refractivity contribution < 1.29 is 4.74 Å². The second-order valence-electron chi connectivity index (χ2n) is 3.50.